The summed E-state index contributed by atoms with van der Waals surface area (Å²) in [5.41, 5.74) is 4.54. The molecule has 2 heterocycles. The molecule has 4 aromatic rings. The first-order valence-electron chi connectivity index (χ1n) is 7.10. The van der Waals surface area contributed by atoms with Gasteiger partial charge in [0, 0.05) is 28.4 Å². The molecular formula is C18H14N2O2S. The second kappa shape index (κ2) is 6.54. The molecule has 0 aliphatic carbocycles. The van der Waals surface area contributed by atoms with Crippen LogP contribution >= 0.6 is 0 Å². The van der Waals surface area contributed by atoms with Crippen LogP contribution in [0.15, 0.2) is 66.9 Å². The van der Waals surface area contributed by atoms with Gasteiger partial charge in [0.25, 0.3) is 0 Å². The molecule has 23 heavy (non-hydrogen) atoms. The second-order valence-corrected chi connectivity index (χ2v) is 5.20. The highest BCUT2D eigenvalue weighted by molar-refractivity contribution is 7.51. The van der Waals surface area contributed by atoms with Crippen LogP contribution in [0.1, 0.15) is 5.69 Å². The molecule has 4 rings (SSSR count). The zero-order valence-electron chi connectivity index (χ0n) is 12.5. The van der Waals surface area contributed by atoms with E-state index in [-0.39, 0.29) is 0 Å². The maximum atomic E-state index is 8.29. The Morgan fingerprint density at radius 3 is 2.26 bits per heavy atom. The van der Waals surface area contributed by atoms with Crippen molar-refractivity contribution in [2.24, 2.45) is 0 Å². The molecule has 2 aromatic heterocycles. The van der Waals surface area contributed by atoms with Gasteiger partial charge in [-0.2, -0.15) is 8.42 Å². The van der Waals surface area contributed by atoms with Gasteiger partial charge in [0.15, 0.2) is 0 Å². The highest BCUT2D eigenvalue weighted by Crippen LogP contribution is 2.29. The van der Waals surface area contributed by atoms with E-state index in [2.05, 4.69) is 66.2 Å². The lowest BCUT2D eigenvalue weighted by molar-refractivity contribution is 0.630. The maximum Gasteiger partial charge on any atom is 0.335 e. The SMILES string of the molecule is Cc1nc2ccccc2c2c1ccn2-c1ccccc1.O=S=O. The minimum atomic E-state index is -0.750. The van der Waals surface area contributed by atoms with Crippen molar-refractivity contribution in [3.8, 4) is 5.69 Å². The lowest BCUT2D eigenvalue weighted by Gasteiger charge is -2.09. The summed E-state index contributed by atoms with van der Waals surface area (Å²) < 4.78 is 18.8. The summed E-state index contributed by atoms with van der Waals surface area (Å²) in [5, 5.41) is 2.41. The zero-order valence-corrected chi connectivity index (χ0v) is 13.3. The number of rotatable bonds is 1. The quantitative estimate of drug-likeness (QED) is 0.535. The Morgan fingerprint density at radius 1 is 0.870 bits per heavy atom. The minimum absolute atomic E-state index is 0.750. The first-order chi connectivity index (χ1) is 11.3. The zero-order chi connectivity index (χ0) is 16.2. The smallest absolute Gasteiger partial charge is 0.316 e. The molecule has 2 aromatic carbocycles. The predicted molar refractivity (Wildman–Crippen MR) is 92.2 cm³/mol. The van der Waals surface area contributed by atoms with Gasteiger partial charge in [-0.1, -0.05) is 36.4 Å². The molecule has 0 fully saturated rings. The van der Waals surface area contributed by atoms with Crippen LogP contribution in [0.4, 0.5) is 0 Å². The Morgan fingerprint density at radius 2 is 1.52 bits per heavy atom. The summed E-state index contributed by atoms with van der Waals surface area (Å²) >= 11 is -0.750. The van der Waals surface area contributed by atoms with Crippen molar-refractivity contribution >= 4 is 33.4 Å². The highest BCUT2D eigenvalue weighted by atomic mass is 32.1. The van der Waals surface area contributed by atoms with E-state index in [1.54, 1.807) is 0 Å². The molecule has 0 saturated carbocycles. The van der Waals surface area contributed by atoms with E-state index < -0.39 is 11.6 Å². The first-order valence-corrected chi connectivity index (χ1v) is 7.76. The normalized spacial score (nSPS) is 10.3. The fraction of sp³-hybridized carbons (Fsp3) is 0.0556. The molecule has 0 N–H and O–H groups in total. The molecule has 0 unspecified atom stereocenters. The molecule has 0 amide bonds. The van der Waals surface area contributed by atoms with Crippen molar-refractivity contribution in [2.75, 3.05) is 0 Å². The summed E-state index contributed by atoms with van der Waals surface area (Å²) in [6.07, 6.45) is 2.13. The van der Waals surface area contributed by atoms with Gasteiger partial charge in [0.2, 0.25) is 0 Å². The summed E-state index contributed by atoms with van der Waals surface area (Å²) in [4.78, 5) is 4.70. The molecule has 0 spiro atoms. The van der Waals surface area contributed by atoms with Crippen LogP contribution in [-0.4, -0.2) is 18.0 Å². The summed E-state index contributed by atoms with van der Waals surface area (Å²) in [7, 11) is 0. The standard InChI is InChI=1S/C18H14N2.O2S/c1-13-15-11-12-20(14-7-3-2-4-8-14)18(15)16-9-5-6-10-17(16)19-13;1-3-2/h2-12H,1H3;. The van der Waals surface area contributed by atoms with Gasteiger partial charge in [0.05, 0.1) is 11.0 Å². The number of hydrogen-bond donors (Lipinski definition) is 0. The van der Waals surface area contributed by atoms with E-state index in [0.717, 1.165) is 11.2 Å². The second-order valence-electron chi connectivity index (χ2n) is 5.07. The van der Waals surface area contributed by atoms with Crippen LogP contribution in [0.5, 0.6) is 0 Å². The molecule has 0 saturated heterocycles. The number of hydrogen-bond acceptors (Lipinski definition) is 3. The fourth-order valence-electron chi connectivity index (χ4n) is 2.82. The summed E-state index contributed by atoms with van der Waals surface area (Å²) in [5.74, 6) is 0. The lowest BCUT2D eigenvalue weighted by atomic mass is 10.1. The number of aryl methyl sites for hydroxylation is 1. The van der Waals surface area contributed by atoms with E-state index in [4.69, 9.17) is 13.4 Å². The van der Waals surface area contributed by atoms with Crippen molar-refractivity contribution in [3.05, 3.63) is 72.6 Å². The van der Waals surface area contributed by atoms with Gasteiger partial charge in [0.1, 0.15) is 0 Å². The molecule has 4 nitrogen and oxygen atoms in total. The van der Waals surface area contributed by atoms with Crippen LogP contribution in [0.25, 0.3) is 27.5 Å². The van der Waals surface area contributed by atoms with E-state index in [1.807, 2.05) is 12.1 Å². The van der Waals surface area contributed by atoms with Crippen LogP contribution < -0.4 is 0 Å². The third-order valence-electron chi connectivity index (χ3n) is 3.76. The molecule has 0 atom stereocenters. The largest absolute Gasteiger partial charge is 0.335 e. The Labute approximate surface area is 137 Å². The molecule has 0 aliphatic heterocycles. The Kier molecular flexibility index (Phi) is 4.30. The van der Waals surface area contributed by atoms with Crippen LogP contribution in [-0.2, 0) is 11.6 Å². The predicted octanol–water partition coefficient (Wildman–Crippen LogP) is 3.82. The van der Waals surface area contributed by atoms with Gasteiger partial charge >= 0.3 is 11.6 Å². The van der Waals surface area contributed by atoms with Crippen molar-refractivity contribution in [2.45, 2.75) is 6.92 Å². The van der Waals surface area contributed by atoms with E-state index in [0.29, 0.717) is 0 Å². The number of nitrogens with zero attached hydrogens (tertiary/aromatic N) is 2. The number of fused-ring (bicyclic) bond motifs is 3. The molecular weight excluding hydrogens is 308 g/mol. The third-order valence-corrected chi connectivity index (χ3v) is 3.76. The number of aromatic nitrogens is 2. The molecule has 0 aliphatic rings. The van der Waals surface area contributed by atoms with Crippen LogP contribution in [0.3, 0.4) is 0 Å². The molecule has 0 bridgehead atoms. The monoisotopic (exact) mass is 322 g/mol. The minimum Gasteiger partial charge on any atom is -0.316 e. The third kappa shape index (κ3) is 2.78. The van der Waals surface area contributed by atoms with E-state index in [1.165, 1.54) is 22.0 Å². The lowest BCUT2D eigenvalue weighted by Crippen LogP contribution is -1.94. The average Bonchev–Trinajstić information content (AvgIpc) is 3.02. The van der Waals surface area contributed by atoms with Gasteiger partial charge in [-0.05, 0) is 31.2 Å². The summed E-state index contributed by atoms with van der Waals surface area (Å²) in [6, 6.07) is 20.9. The van der Waals surface area contributed by atoms with Gasteiger partial charge < -0.3 is 4.57 Å². The van der Waals surface area contributed by atoms with E-state index in [9.17, 15) is 0 Å². The Bertz CT molecular complexity index is 1000. The average molecular weight is 322 g/mol. The number of benzene rings is 2. The van der Waals surface area contributed by atoms with Gasteiger partial charge in [-0.25, -0.2) is 0 Å². The maximum absolute atomic E-state index is 8.29. The van der Waals surface area contributed by atoms with Crippen LogP contribution in [0, 0.1) is 6.92 Å². The van der Waals surface area contributed by atoms with E-state index >= 15 is 0 Å². The summed E-state index contributed by atoms with van der Waals surface area (Å²) in [6.45, 7) is 2.07. The van der Waals surface area contributed by atoms with Crippen LogP contribution in [0.2, 0.25) is 0 Å². The molecule has 114 valence electrons. The van der Waals surface area contributed by atoms with Crippen molar-refractivity contribution < 1.29 is 8.42 Å². The first kappa shape index (κ1) is 15.1. The fourth-order valence-corrected chi connectivity index (χ4v) is 2.82. The van der Waals surface area contributed by atoms with Gasteiger partial charge in [-0.3, -0.25) is 4.98 Å². The van der Waals surface area contributed by atoms with Crippen molar-refractivity contribution in [3.63, 3.8) is 0 Å². The van der Waals surface area contributed by atoms with Gasteiger partial charge in [-0.15, -0.1) is 0 Å². The van der Waals surface area contributed by atoms with Crippen molar-refractivity contribution in [1.29, 1.82) is 0 Å². The number of pyridine rings is 1. The highest BCUT2D eigenvalue weighted by Gasteiger charge is 2.10. The van der Waals surface area contributed by atoms with Crippen molar-refractivity contribution in [1.82, 2.24) is 9.55 Å². The number of para-hydroxylation sites is 2. The molecule has 0 radical (unpaired) electrons. The topological polar surface area (TPSA) is 52.0 Å². The Balaban J connectivity index is 0.000000485. The molecule has 5 heteroatoms. The Hall–Kier alpha value is -2.79.